The van der Waals surface area contributed by atoms with Crippen molar-refractivity contribution in [2.24, 2.45) is 23.2 Å². The lowest BCUT2D eigenvalue weighted by Crippen LogP contribution is -2.55. The average Bonchev–Trinajstić information content (AvgIpc) is 3.31. The summed E-state index contributed by atoms with van der Waals surface area (Å²) >= 11 is 3.09. The van der Waals surface area contributed by atoms with Gasteiger partial charge in [-0.25, -0.2) is 0 Å². The van der Waals surface area contributed by atoms with Gasteiger partial charge in [-0.05, 0) is 79.2 Å². The highest BCUT2D eigenvalue weighted by Gasteiger charge is 2.54. The Morgan fingerprint density at radius 2 is 1.54 bits per heavy atom. The molecule has 2 aromatic rings. The second-order valence-corrected chi connectivity index (χ2v) is 10.6. The molecule has 4 bridgehead atoms. The van der Waals surface area contributed by atoms with Gasteiger partial charge in [0.05, 0.1) is 6.54 Å². The third-order valence-corrected chi connectivity index (χ3v) is 8.92. The van der Waals surface area contributed by atoms with Crippen LogP contribution in [0.15, 0.2) is 35.0 Å². The standard InChI is InChI=1S/C21H25NO2S2/c23-19(20-10-14-7-15(11-20)9-16(8-14)12-20)22-13-21(24,17-3-1-5-25-17)18-4-2-6-26-18/h1-6,14-16,24H,7-13H2,(H,22,23). The van der Waals surface area contributed by atoms with Crippen LogP contribution in [0.5, 0.6) is 0 Å². The van der Waals surface area contributed by atoms with Gasteiger partial charge in [0.25, 0.3) is 0 Å². The molecule has 4 aliphatic rings. The van der Waals surface area contributed by atoms with E-state index in [1.165, 1.54) is 19.3 Å². The van der Waals surface area contributed by atoms with Gasteiger partial charge in [0.2, 0.25) is 5.91 Å². The lowest BCUT2D eigenvalue weighted by molar-refractivity contribution is -0.147. The molecule has 0 aromatic carbocycles. The van der Waals surface area contributed by atoms with E-state index in [9.17, 15) is 9.90 Å². The Kier molecular flexibility index (Phi) is 4.03. The van der Waals surface area contributed by atoms with Gasteiger partial charge in [0.15, 0.2) is 0 Å². The summed E-state index contributed by atoms with van der Waals surface area (Å²) in [4.78, 5) is 15.1. The van der Waals surface area contributed by atoms with Crippen LogP contribution in [0.25, 0.3) is 0 Å². The van der Waals surface area contributed by atoms with Crippen molar-refractivity contribution >= 4 is 28.6 Å². The van der Waals surface area contributed by atoms with Crippen LogP contribution in [0.3, 0.4) is 0 Å². The SMILES string of the molecule is O=C(NCC(O)(c1cccs1)c1cccs1)C12CC3CC(CC(C3)C1)C2. The number of carbonyl (C=O) groups excluding carboxylic acids is 1. The first-order valence-corrected chi connectivity index (χ1v) is 11.4. The van der Waals surface area contributed by atoms with Crippen LogP contribution in [-0.4, -0.2) is 17.6 Å². The summed E-state index contributed by atoms with van der Waals surface area (Å²) in [7, 11) is 0. The molecule has 1 amide bonds. The predicted molar refractivity (Wildman–Crippen MR) is 105 cm³/mol. The first-order valence-electron chi connectivity index (χ1n) is 9.66. The number of carbonyl (C=O) groups is 1. The zero-order valence-corrected chi connectivity index (χ0v) is 16.5. The number of amides is 1. The van der Waals surface area contributed by atoms with Crippen molar-refractivity contribution in [2.45, 2.75) is 44.1 Å². The number of rotatable bonds is 5. The van der Waals surface area contributed by atoms with Gasteiger partial charge < -0.3 is 10.4 Å². The van der Waals surface area contributed by atoms with E-state index >= 15 is 0 Å². The second-order valence-electron chi connectivity index (χ2n) is 8.70. The molecule has 0 aliphatic heterocycles. The molecule has 4 saturated carbocycles. The highest BCUT2D eigenvalue weighted by molar-refractivity contribution is 7.11. The van der Waals surface area contributed by atoms with Crippen molar-refractivity contribution in [3.05, 3.63) is 44.8 Å². The van der Waals surface area contributed by atoms with Crippen LogP contribution in [0.1, 0.15) is 48.3 Å². The van der Waals surface area contributed by atoms with Crippen LogP contribution in [0.2, 0.25) is 0 Å². The minimum Gasteiger partial charge on any atom is -0.377 e. The first kappa shape index (κ1) is 17.0. The summed E-state index contributed by atoms with van der Waals surface area (Å²) in [6.45, 7) is 0.259. The number of hydrogen-bond acceptors (Lipinski definition) is 4. The minimum absolute atomic E-state index is 0.166. The molecule has 0 saturated heterocycles. The van der Waals surface area contributed by atoms with Crippen LogP contribution < -0.4 is 5.32 Å². The Hall–Kier alpha value is -1.17. The largest absolute Gasteiger partial charge is 0.377 e. The Labute approximate surface area is 162 Å². The molecule has 2 heterocycles. The molecular formula is C21H25NO2S2. The van der Waals surface area contributed by atoms with E-state index in [0.717, 1.165) is 46.8 Å². The van der Waals surface area contributed by atoms with Crippen molar-refractivity contribution in [1.82, 2.24) is 5.32 Å². The number of nitrogens with one attached hydrogen (secondary N) is 1. The molecule has 6 rings (SSSR count). The number of thiophene rings is 2. The highest BCUT2D eigenvalue weighted by Crippen LogP contribution is 2.60. The lowest BCUT2D eigenvalue weighted by atomic mass is 9.49. The molecule has 138 valence electrons. The molecule has 2 N–H and O–H groups in total. The normalized spacial score (nSPS) is 32.7. The van der Waals surface area contributed by atoms with E-state index in [2.05, 4.69) is 5.32 Å². The summed E-state index contributed by atoms with van der Waals surface area (Å²) < 4.78 is 0. The Morgan fingerprint density at radius 3 is 1.96 bits per heavy atom. The maximum atomic E-state index is 13.3. The molecule has 4 aliphatic carbocycles. The van der Waals surface area contributed by atoms with Gasteiger partial charge >= 0.3 is 0 Å². The number of hydrogen-bond donors (Lipinski definition) is 2. The van der Waals surface area contributed by atoms with Crippen LogP contribution >= 0.6 is 22.7 Å². The monoisotopic (exact) mass is 387 g/mol. The van der Waals surface area contributed by atoms with E-state index in [1.807, 2.05) is 35.0 Å². The van der Waals surface area contributed by atoms with Gasteiger partial charge in [0.1, 0.15) is 5.60 Å². The van der Waals surface area contributed by atoms with E-state index in [1.54, 1.807) is 22.7 Å². The third-order valence-electron chi connectivity index (χ3n) is 6.88. The molecular weight excluding hydrogens is 362 g/mol. The lowest BCUT2D eigenvalue weighted by Gasteiger charge is -2.55. The Morgan fingerprint density at radius 1 is 1.04 bits per heavy atom. The third kappa shape index (κ3) is 2.67. The summed E-state index contributed by atoms with van der Waals surface area (Å²) in [5, 5.41) is 18.6. The van der Waals surface area contributed by atoms with E-state index in [-0.39, 0.29) is 17.9 Å². The predicted octanol–water partition coefficient (Wildman–Crippen LogP) is 4.38. The molecule has 0 atom stereocenters. The van der Waals surface area contributed by atoms with Crippen molar-refractivity contribution in [2.75, 3.05) is 6.54 Å². The number of aliphatic hydroxyl groups is 1. The van der Waals surface area contributed by atoms with Gasteiger partial charge in [-0.3, -0.25) is 4.79 Å². The zero-order valence-electron chi connectivity index (χ0n) is 14.8. The maximum absolute atomic E-state index is 13.3. The average molecular weight is 388 g/mol. The van der Waals surface area contributed by atoms with Crippen molar-refractivity contribution < 1.29 is 9.90 Å². The molecule has 0 radical (unpaired) electrons. The van der Waals surface area contributed by atoms with Gasteiger partial charge in [-0.2, -0.15) is 0 Å². The van der Waals surface area contributed by atoms with Gasteiger partial charge in [0, 0.05) is 15.2 Å². The summed E-state index contributed by atoms with van der Waals surface area (Å²) in [5.41, 5.74) is -1.29. The van der Waals surface area contributed by atoms with E-state index < -0.39 is 5.60 Å². The van der Waals surface area contributed by atoms with E-state index in [4.69, 9.17) is 0 Å². The first-order chi connectivity index (χ1) is 12.6. The van der Waals surface area contributed by atoms with Crippen molar-refractivity contribution in [3.63, 3.8) is 0 Å². The molecule has 0 unspecified atom stereocenters. The van der Waals surface area contributed by atoms with Crippen LogP contribution in [0, 0.1) is 23.2 Å². The van der Waals surface area contributed by atoms with Crippen molar-refractivity contribution in [1.29, 1.82) is 0 Å². The maximum Gasteiger partial charge on any atom is 0.226 e. The molecule has 4 fully saturated rings. The fraction of sp³-hybridized carbons (Fsp3) is 0.571. The minimum atomic E-state index is -1.12. The van der Waals surface area contributed by atoms with Gasteiger partial charge in [-0.15, -0.1) is 22.7 Å². The molecule has 26 heavy (non-hydrogen) atoms. The smallest absolute Gasteiger partial charge is 0.226 e. The van der Waals surface area contributed by atoms with Crippen LogP contribution in [-0.2, 0) is 10.4 Å². The molecule has 5 heteroatoms. The fourth-order valence-corrected chi connectivity index (χ4v) is 7.85. The summed E-state index contributed by atoms with van der Waals surface area (Å²) in [6.07, 6.45) is 7.17. The highest BCUT2D eigenvalue weighted by atomic mass is 32.1. The summed E-state index contributed by atoms with van der Waals surface area (Å²) in [6, 6.07) is 7.83. The van der Waals surface area contributed by atoms with Crippen molar-refractivity contribution in [3.8, 4) is 0 Å². The van der Waals surface area contributed by atoms with E-state index in [0.29, 0.717) is 0 Å². The van der Waals surface area contributed by atoms with Crippen LogP contribution in [0.4, 0.5) is 0 Å². The topological polar surface area (TPSA) is 49.3 Å². The summed E-state index contributed by atoms with van der Waals surface area (Å²) in [5.74, 6) is 2.43. The second kappa shape index (κ2) is 6.18. The fourth-order valence-electron chi connectivity index (χ4n) is 6.11. The zero-order chi connectivity index (χ0) is 17.8. The Balaban J connectivity index is 1.37. The quantitative estimate of drug-likeness (QED) is 0.800. The molecule has 3 nitrogen and oxygen atoms in total. The Bertz CT molecular complexity index is 712. The van der Waals surface area contributed by atoms with Gasteiger partial charge in [-0.1, -0.05) is 12.1 Å². The molecule has 2 aromatic heterocycles. The molecule has 0 spiro atoms.